The molecule has 0 saturated heterocycles. The summed E-state index contributed by atoms with van der Waals surface area (Å²) < 4.78 is 19.2. The van der Waals surface area contributed by atoms with E-state index in [0.717, 1.165) is 10.0 Å². The average molecular weight is 465 g/mol. The van der Waals surface area contributed by atoms with Crippen molar-refractivity contribution in [3.05, 3.63) is 69.9 Å². The van der Waals surface area contributed by atoms with Crippen LogP contribution < -0.4 is 10.6 Å². The van der Waals surface area contributed by atoms with Gasteiger partial charge in [0.2, 0.25) is 11.8 Å². The lowest BCUT2D eigenvalue weighted by atomic mass is 10.0. The van der Waals surface area contributed by atoms with E-state index in [1.165, 1.54) is 32.2 Å². The first kappa shape index (κ1) is 22.5. The van der Waals surface area contributed by atoms with Crippen LogP contribution in [-0.2, 0) is 32.0 Å². The van der Waals surface area contributed by atoms with Gasteiger partial charge in [-0.3, -0.25) is 9.59 Å². The van der Waals surface area contributed by atoms with E-state index in [9.17, 15) is 18.8 Å². The zero-order valence-corrected chi connectivity index (χ0v) is 17.7. The highest BCUT2D eigenvalue weighted by molar-refractivity contribution is 9.10. The summed E-state index contributed by atoms with van der Waals surface area (Å²) in [5, 5.41) is 5.19. The van der Waals surface area contributed by atoms with Crippen LogP contribution in [0, 0.1) is 5.82 Å². The summed E-state index contributed by atoms with van der Waals surface area (Å²) in [4.78, 5) is 36.5. The summed E-state index contributed by atoms with van der Waals surface area (Å²) in [5.74, 6) is -2.01. The summed E-state index contributed by atoms with van der Waals surface area (Å²) in [6.07, 6.45) is 0.299. The van der Waals surface area contributed by atoms with E-state index in [2.05, 4.69) is 26.6 Å². The molecule has 0 aliphatic rings. The third-order valence-corrected chi connectivity index (χ3v) is 4.71. The molecule has 0 fully saturated rings. The van der Waals surface area contributed by atoms with Gasteiger partial charge in [0.05, 0.1) is 7.11 Å². The zero-order chi connectivity index (χ0) is 21.4. The predicted octanol–water partition coefficient (Wildman–Crippen LogP) is 2.54. The van der Waals surface area contributed by atoms with Crippen LogP contribution in [0.15, 0.2) is 53.0 Å². The topological polar surface area (TPSA) is 84.5 Å². The van der Waals surface area contributed by atoms with Gasteiger partial charge < -0.3 is 15.4 Å². The molecular formula is C21H22BrFN2O4. The maximum atomic E-state index is 13.5. The van der Waals surface area contributed by atoms with Crippen LogP contribution in [0.1, 0.15) is 18.1 Å². The molecule has 0 aliphatic carbocycles. The summed E-state index contributed by atoms with van der Waals surface area (Å²) in [6, 6.07) is 11.2. The molecule has 0 aliphatic heterocycles. The van der Waals surface area contributed by atoms with Gasteiger partial charge in [-0.15, -0.1) is 0 Å². The highest BCUT2D eigenvalue weighted by Gasteiger charge is 2.27. The van der Waals surface area contributed by atoms with Crippen molar-refractivity contribution in [2.24, 2.45) is 0 Å². The van der Waals surface area contributed by atoms with Gasteiger partial charge in [0.1, 0.15) is 17.9 Å². The fraction of sp³-hybridized carbons (Fsp3) is 0.286. The van der Waals surface area contributed by atoms with E-state index >= 15 is 0 Å². The standard InChI is InChI=1S/C21H22BrFN2O4/c1-13(26)24-18(12-15-4-3-5-17(23)10-15)20(27)25-19(21(28)29-2)11-14-6-8-16(22)9-7-14/h3-10,18-19H,11-12H2,1-2H3,(H,24,26)(H,25,27)/t18-,19-/m0/s1. The van der Waals surface area contributed by atoms with Gasteiger partial charge in [-0.2, -0.15) is 0 Å². The molecule has 0 heterocycles. The number of halogens is 2. The quantitative estimate of drug-likeness (QED) is 0.587. The maximum absolute atomic E-state index is 13.5. The molecule has 2 atom stereocenters. The fourth-order valence-corrected chi connectivity index (χ4v) is 3.08. The monoisotopic (exact) mass is 464 g/mol. The second kappa shape index (κ2) is 10.7. The van der Waals surface area contributed by atoms with Crippen molar-refractivity contribution in [2.45, 2.75) is 31.8 Å². The lowest BCUT2D eigenvalue weighted by Gasteiger charge is -2.22. The molecule has 0 saturated carbocycles. The van der Waals surface area contributed by atoms with Crippen molar-refractivity contribution >= 4 is 33.7 Å². The Morgan fingerprint density at radius 2 is 1.66 bits per heavy atom. The van der Waals surface area contributed by atoms with Gasteiger partial charge in [0, 0.05) is 24.2 Å². The van der Waals surface area contributed by atoms with E-state index < -0.39 is 35.7 Å². The Labute approximate surface area is 177 Å². The van der Waals surface area contributed by atoms with Crippen molar-refractivity contribution in [3.63, 3.8) is 0 Å². The highest BCUT2D eigenvalue weighted by Crippen LogP contribution is 2.13. The lowest BCUT2D eigenvalue weighted by Crippen LogP contribution is -2.53. The number of esters is 1. The lowest BCUT2D eigenvalue weighted by molar-refractivity contribution is -0.145. The molecule has 0 unspecified atom stereocenters. The molecule has 6 nitrogen and oxygen atoms in total. The van der Waals surface area contributed by atoms with Gasteiger partial charge >= 0.3 is 5.97 Å². The van der Waals surface area contributed by atoms with E-state index in [-0.39, 0.29) is 12.8 Å². The van der Waals surface area contributed by atoms with E-state index in [0.29, 0.717) is 5.56 Å². The fourth-order valence-electron chi connectivity index (χ4n) is 2.82. The molecule has 0 spiro atoms. The molecule has 0 bridgehead atoms. The number of nitrogens with one attached hydrogen (secondary N) is 2. The first-order valence-corrected chi connectivity index (χ1v) is 9.72. The molecule has 2 aromatic rings. The van der Waals surface area contributed by atoms with Gasteiger partial charge in [-0.05, 0) is 35.4 Å². The van der Waals surface area contributed by atoms with Crippen LogP contribution >= 0.6 is 15.9 Å². The summed E-state index contributed by atoms with van der Waals surface area (Å²) in [6.45, 7) is 1.28. The van der Waals surface area contributed by atoms with Crippen LogP contribution in [-0.4, -0.2) is 37.0 Å². The Balaban J connectivity index is 2.16. The minimum Gasteiger partial charge on any atom is -0.467 e. The number of ether oxygens (including phenoxy) is 1. The average Bonchev–Trinajstić information content (AvgIpc) is 2.67. The molecule has 2 N–H and O–H groups in total. The Morgan fingerprint density at radius 1 is 1.00 bits per heavy atom. The number of carbonyl (C=O) groups excluding carboxylic acids is 3. The zero-order valence-electron chi connectivity index (χ0n) is 16.1. The van der Waals surface area contributed by atoms with Crippen LogP contribution in [0.3, 0.4) is 0 Å². The number of amides is 2. The summed E-state index contributed by atoms with van der Waals surface area (Å²) in [7, 11) is 1.24. The van der Waals surface area contributed by atoms with E-state index in [1.54, 1.807) is 6.07 Å². The molecule has 2 aromatic carbocycles. The number of methoxy groups -OCH3 is 1. The van der Waals surface area contributed by atoms with E-state index in [1.807, 2.05) is 24.3 Å². The first-order valence-electron chi connectivity index (χ1n) is 8.92. The number of carbonyl (C=O) groups is 3. The predicted molar refractivity (Wildman–Crippen MR) is 110 cm³/mol. The Kier molecular flexibility index (Phi) is 8.33. The first-order chi connectivity index (χ1) is 13.8. The second-order valence-electron chi connectivity index (χ2n) is 6.50. The molecular weight excluding hydrogens is 443 g/mol. The number of benzene rings is 2. The van der Waals surface area contributed by atoms with Gasteiger partial charge in [-0.1, -0.05) is 40.2 Å². The second-order valence-corrected chi connectivity index (χ2v) is 7.42. The smallest absolute Gasteiger partial charge is 0.328 e. The minimum absolute atomic E-state index is 0.0787. The molecule has 0 radical (unpaired) electrons. The van der Waals surface area contributed by atoms with Crippen molar-refractivity contribution in [1.29, 1.82) is 0 Å². The van der Waals surface area contributed by atoms with Gasteiger partial charge in [0.15, 0.2) is 0 Å². The molecule has 8 heteroatoms. The van der Waals surface area contributed by atoms with Gasteiger partial charge in [0.25, 0.3) is 0 Å². The summed E-state index contributed by atoms with van der Waals surface area (Å²) >= 11 is 3.34. The Morgan fingerprint density at radius 3 is 2.24 bits per heavy atom. The minimum atomic E-state index is -0.966. The third-order valence-electron chi connectivity index (χ3n) is 4.18. The van der Waals surface area contributed by atoms with Crippen LogP contribution in [0.2, 0.25) is 0 Å². The maximum Gasteiger partial charge on any atom is 0.328 e. The number of hydrogen-bond donors (Lipinski definition) is 2. The van der Waals surface area contributed by atoms with Crippen molar-refractivity contribution in [3.8, 4) is 0 Å². The summed E-state index contributed by atoms with van der Waals surface area (Å²) in [5.41, 5.74) is 1.37. The highest BCUT2D eigenvalue weighted by atomic mass is 79.9. The Hall–Kier alpha value is -2.74. The van der Waals surface area contributed by atoms with Gasteiger partial charge in [-0.25, -0.2) is 9.18 Å². The van der Waals surface area contributed by atoms with Crippen LogP contribution in [0.25, 0.3) is 0 Å². The molecule has 2 amide bonds. The SMILES string of the molecule is COC(=O)[C@H](Cc1ccc(Br)cc1)NC(=O)[C@H](Cc1cccc(F)c1)NC(C)=O. The number of hydrogen-bond acceptors (Lipinski definition) is 4. The Bertz CT molecular complexity index is 873. The third kappa shape index (κ3) is 7.30. The van der Waals surface area contributed by atoms with Crippen molar-refractivity contribution in [1.82, 2.24) is 10.6 Å². The molecule has 0 aromatic heterocycles. The van der Waals surface area contributed by atoms with E-state index in [4.69, 9.17) is 4.74 Å². The van der Waals surface area contributed by atoms with Crippen molar-refractivity contribution in [2.75, 3.05) is 7.11 Å². The van der Waals surface area contributed by atoms with Crippen molar-refractivity contribution < 1.29 is 23.5 Å². The molecule has 29 heavy (non-hydrogen) atoms. The van der Waals surface area contributed by atoms with Crippen LogP contribution in [0.5, 0.6) is 0 Å². The molecule has 154 valence electrons. The van der Waals surface area contributed by atoms with Crippen LogP contribution in [0.4, 0.5) is 4.39 Å². The molecule has 2 rings (SSSR count). The normalized spacial score (nSPS) is 12.6. The largest absolute Gasteiger partial charge is 0.467 e. The number of rotatable bonds is 8.